The number of aliphatic hydroxyl groups is 1. The Morgan fingerprint density at radius 3 is 2.66 bits per heavy atom. The van der Waals surface area contributed by atoms with Crippen LogP contribution in [0, 0.1) is 0 Å². The minimum Gasteiger partial charge on any atom is -0.491 e. The lowest BCUT2D eigenvalue weighted by Gasteiger charge is -2.34. The van der Waals surface area contributed by atoms with Crippen molar-refractivity contribution in [2.24, 2.45) is 0 Å². The first-order chi connectivity index (χ1) is 14.1. The van der Waals surface area contributed by atoms with Crippen LogP contribution in [0.3, 0.4) is 0 Å². The number of hydrogen-bond acceptors (Lipinski definition) is 7. The number of β-amino-alcohol motifs (C(OH)–C–C–N with tert-alkyl or cyclic N) is 1. The van der Waals surface area contributed by atoms with E-state index in [4.69, 9.17) is 4.74 Å². The average Bonchev–Trinajstić information content (AvgIpc) is 2.74. The van der Waals surface area contributed by atoms with Crippen molar-refractivity contribution in [1.82, 2.24) is 24.7 Å². The van der Waals surface area contributed by atoms with Crippen molar-refractivity contribution in [3.05, 3.63) is 54.1 Å². The molecule has 0 spiro atoms. The van der Waals surface area contributed by atoms with Gasteiger partial charge in [0.2, 0.25) is 0 Å². The second kappa shape index (κ2) is 11.2. The smallest absolute Gasteiger partial charge is 0.119 e. The molecular formula is C22H33N5O2. The summed E-state index contributed by atoms with van der Waals surface area (Å²) in [7, 11) is 2.06. The topological polar surface area (TPSA) is 65.0 Å². The van der Waals surface area contributed by atoms with Crippen LogP contribution >= 0.6 is 0 Å². The molecule has 1 aromatic heterocycles. The molecule has 0 amide bonds. The molecule has 7 heteroatoms. The van der Waals surface area contributed by atoms with Gasteiger partial charge in [0.05, 0.1) is 5.69 Å². The maximum absolute atomic E-state index is 10.4. The van der Waals surface area contributed by atoms with Crippen molar-refractivity contribution < 1.29 is 9.84 Å². The molecule has 1 unspecified atom stereocenters. The van der Waals surface area contributed by atoms with E-state index in [0.29, 0.717) is 13.2 Å². The quantitative estimate of drug-likeness (QED) is 0.649. The first-order valence-corrected chi connectivity index (χ1v) is 10.4. The predicted octanol–water partition coefficient (Wildman–Crippen LogP) is 1.49. The first kappa shape index (κ1) is 21.6. The Morgan fingerprint density at radius 1 is 1.14 bits per heavy atom. The summed E-state index contributed by atoms with van der Waals surface area (Å²) in [6.07, 6.45) is 4.71. The van der Waals surface area contributed by atoms with Crippen LogP contribution in [0.25, 0.3) is 0 Å². The van der Waals surface area contributed by atoms with Crippen LogP contribution in [0.2, 0.25) is 0 Å². The highest BCUT2D eigenvalue weighted by Gasteiger charge is 2.18. The predicted molar refractivity (Wildman–Crippen MR) is 114 cm³/mol. The van der Waals surface area contributed by atoms with Gasteiger partial charge in [0.1, 0.15) is 18.5 Å². The molecule has 2 aromatic rings. The summed E-state index contributed by atoms with van der Waals surface area (Å²) in [6.45, 7) is 9.98. The fraction of sp³-hybridized carbons (Fsp3) is 0.545. The van der Waals surface area contributed by atoms with Gasteiger partial charge in [-0.15, -0.1) is 0 Å². The van der Waals surface area contributed by atoms with E-state index in [1.807, 2.05) is 18.2 Å². The van der Waals surface area contributed by atoms with Crippen molar-refractivity contribution in [2.45, 2.75) is 26.1 Å². The second-order valence-corrected chi connectivity index (χ2v) is 7.72. The second-order valence-electron chi connectivity index (χ2n) is 7.72. The maximum Gasteiger partial charge on any atom is 0.119 e. The van der Waals surface area contributed by atoms with Gasteiger partial charge < -0.3 is 14.7 Å². The van der Waals surface area contributed by atoms with Crippen LogP contribution in [0.5, 0.6) is 5.75 Å². The molecule has 7 nitrogen and oxygen atoms in total. The average molecular weight is 400 g/mol. The fourth-order valence-corrected chi connectivity index (χ4v) is 3.62. The number of hydrogen-bond donors (Lipinski definition) is 1. The van der Waals surface area contributed by atoms with Crippen molar-refractivity contribution >= 4 is 0 Å². The molecular weight excluding hydrogens is 366 g/mol. The summed E-state index contributed by atoms with van der Waals surface area (Å²) in [6, 6.07) is 8.07. The van der Waals surface area contributed by atoms with Crippen molar-refractivity contribution in [3.8, 4) is 5.75 Å². The van der Waals surface area contributed by atoms with E-state index in [0.717, 1.165) is 57.3 Å². The van der Waals surface area contributed by atoms with Crippen LogP contribution in [0.4, 0.5) is 0 Å². The van der Waals surface area contributed by atoms with Gasteiger partial charge in [-0.05, 0) is 31.3 Å². The summed E-state index contributed by atoms with van der Waals surface area (Å²) < 4.78 is 5.86. The molecule has 1 N–H and O–H groups in total. The lowest BCUT2D eigenvalue weighted by atomic mass is 10.2. The summed E-state index contributed by atoms with van der Waals surface area (Å²) in [5, 5.41) is 10.4. The van der Waals surface area contributed by atoms with Crippen LogP contribution in [0.15, 0.2) is 42.9 Å². The van der Waals surface area contributed by atoms with Gasteiger partial charge in [-0.1, -0.05) is 19.1 Å². The zero-order valence-electron chi connectivity index (χ0n) is 17.6. The third kappa shape index (κ3) is 7.36. The van der Waals surface area contributed by atoms with Crippen molar-refractivity contribution in [2.75, 3.05) is 52.9 Å². The number of aliphatic hydroxyl groups excluding tert-OH is 1. The Balaban J connectivity index is 1.42. The molecule has 1 saturated heterocycles. The Kier molecular flexibility index (Phi) is 8.37. The zero-order chi connectivity index (χ0) is 20.5. The van der Waals surface area contributed by atoms with E-state index in [9.17, 15) is 5.11 Å². The van der Waals surface area contributed by atoms with Crippen LogP contribution in [-0.4, -0.2) is 88.8 Å². The van der Waals surface area contributed by atoms with Crippen LogP contribution in [-0.2, 0) is 13.1 Å². The summed E-state index contributed by atoms with van der Waals surface area (Å²) >= 11 is 0. The highest BCUT2D eigenvalue weighted by atomic mass is 16.5. The summed E-state index contributed by atoms with van der Waals surface area (Å²) in [5.41, 5.74) is 2.12. The molecule has 1 aliphatic rings. The Hall–Kier alpha value is -2.06. The van der Waals surface area contributed by atoms with Crippen LogP contribution < -0.4 is 4.74 Å². The number of likely N-dealkylation sites (N-methyl/N-ethyl adjacent to an activating group) is 1. The number of nitrogens with zero attached hydrogens (tertiary/aromatic N) is 5. The van der Waals surface area contributed by atoms with Crippen molar-refractivity contribution in [1.29, 1.82) is 0 Å². The lowest BCUT2D eigenvalue weighted by molar-refractivity contribution is 0.0470. The highest BCUT2D eigenvalue weighted by Crippen LogP contribution is 2.16. The van der Waals surface area contributed by atoms with E-state index in [-0.39, 0.29) is 0 Å². The molecule has 0 aliphatic carbocycles. The maximum atomic E-state index is 10.4. The molecule has 29 heavy (non-hydrogen) atoms. The van der Waals surface area contributed by atoms with Gasteiger partial charge >= 0.3 is 0 Å². The minimum absolute atomic E-state index is 0.312. The fourth-order valence-electron chi connectivity index (χ4n) is 3.62. The van der Waals surface area contributed by atoms with Gasteiger partial charge in [0.15, 0.2) is 0 Å². The molecule has 0 bridgehead atoms. The monoisotopic (exact) mass is 399 g/mol. The highest BCUT2D eigenvalue weighted by molar-refractivity contribution is 5.28. The summed E-state index contributed by atoms with van der Waals surface area (Å²) in [4.78, 5) is 15.4. The number of ether oxygens (including phenoxy) is 1. The van der Waals surface area contributed by atoms with Gasteiger partial charge in [-0.3, -0.25) is 19.8 Å². The number of piperazine rings is 1. The van der Waals surface area contributed by atoms with E-state index in [2.05, 4.69) is 44.7 Å². The molecule has 0 saturated carbocycles. The van der Waals surface area contributed by atoms with Crippen molar-refractivity contribution in [3.63, 3.8) is 0 Å². The third-order valence-corrected chi connectivity index (χ3v) is 5.22. The van der Waals surface area contributed by atoms with E-state index in [1.165, 1.54) is 5.56 Å². The van der Waals surface area contributed by atoms with Crippen LogP contribution in [0.1, 0.15) is 18.2 Å². The SMILES string of the molecule is CCN1CCN(CC(O)COc2cccc(CN(C)Cc3cnccn3)c2)CC1. The Labute approximate surface area is 173 Å². The number of benzene rings is 1. The van der Waals surface area contributed by atoms with Gasteiger partial charge in [0.25, 0.3) is 0 Å². The summed E-state index contributed by atoms with van der Waals surface area (Å²) in [5.74, 6) is 0.797. The molecule has 0 radical (unpaired) electrons. The molecule has 1 aliphatic heterocycles. The number of rotatable bonds is 10. The normalized spacial score (nSPS) is 16.8. The molecule has 2 heterocycles. The molecule has 1 aromatic carbocycles. The first-order valence-electron chi connectivity index (χ1n) is 10.4. The number of aromatic nitrogens is 2. The van der Waals surface area contributed by atoms with Gasteiger partial charge in [-0.25, -0.2) is 0 Å². The molecule has 3 rings (SSSR count). The van der Waals surface area contributed by atoms with Gasteiger partial charge in [0, 0.05) is 64.4 Å². The lowest BCUT2D eigenvalue weighted by Crippen LogP contribution is -2.49. The van der Waals surface area contributed by atoms with E-state index in [1.54, 1.807) is 18.6 Å². The van der Waals surface area contributed by atoms with E-state index >= 15 is 0 Å². The third-order valence-electron chi connectivity index (χ3n) is 5.22. The Morgan fingerprint density at radius 2 is 1.93 bits per heavy atom. The molecule has 1 atom stereocenters. The largest absolute Gasteiger partial charge is 0.491 e. The molecule has 158 valence electrons. The molecule has 1 fully saturated rings. The zero-order valence-corrected chi connectivity index (χ0v) is 17.6. The van der Waals surface area contributed by atoms with Gasteiger partial charge in [-0.2, -0.15) is 0 Å². The Bertz CT molecular complexity index is 722. The standard InChI is InChI=1S/C22H33N5O2/c1-3-26-9-11-27(12-10-26)17-21(28)18-29-22-6-4-5-19(13-22)15-25(2)16-20-14-23-7-8-24-20/h4-8,13-14,21,28H,3,9-12,15-18H2,1-2H3. The minimum atomic E-state index is -0.480. The van der Waals surface area contributed by atoms with E-state index < -0.39 is 6.10 Å².